The molecule has 0 unspecified atom stereocenters. The molecule has 0 aliphatic heterocycles. The average molecular weight is 286 g/mol. The number of esters is 1. The van der Waals surface area contributed by atoms with E-state index >= 15 is 0 Å². The summed E-state index contributed by atoms with van der Waals surface area (Å²) in [5.41, 5.74) is 0.0167. The van der Waals surface area contributed by atoms with Crippen molar-refractivity contribution < 1.29 is 18.5 Å². The molecule has 106 valence electrons. The first kappa shape index (κ1) is 13.0. The topological polar surface area (TPSA) is 95.4 Å². The molecule has 21 heavy (non-hydrogen) atoms. The lowest BCUT2D eigenvalue weighted by molar-refractivity contribution is 0.0394. The highest BCUT2D eigenvalue weighted by atomic mass is 16.6. The van der Waals surface area contributed by atoms with Crippen LogP contribution in [0.25, 0.3) is 11.0 Å². The smallest absolute Gasteiger partial charge is 0.374 e. The molecule has 0 saturated heterocycles. The number of aromatic nitrogens is 2. The van der Waals surface area contributed by atoms with Gasteiger partial charge in [0.2, 0.25) is 5.76 Å². The van der Waals surface area contributed by atoms with Gasteiger partial charge in [-0.25, -0.2) is 4.79 Å². The summed E-state index contributed by atoms with van der Waals surface area (Å²) in [6, 6.07) is 7.76. The van der Waals surface area contributed by atoms with Crippen LogP contribution in [0.4, 0.5) is 0 Å². The molecule has 3 aromatic rings. The highest BCUT2D eigenvalue weighted by Gasteiger charge is 2.15. The van der Waals surface area contributed by atoms with E-state index < -0.39 is 5.97 Å². The van der Waals surface area contributed by atoms with Crippen LogP contribution in [0.3, 0.4) is 0 Å². The van der Waals surface area contributed by atoms with Gasteiger partial charge in [-0.15, -0.1) is 0 Å². The fraction of sp³-hybridized carbons (Fsp3) is 0.143. The molecule has 0 saturated carbocycles. The van der Waals surface area contributed by atoms with E-state index in [2.05, 4.69) is 10.1 Å². The quantitative estimate of drug-likeness (QED) is 0.678. The van der Waals surface area contributed by atoms with Gasteiger partial charge in [-0.3, -0.25) is 4.79 Å². The van der Waals surface area contributed by atoms with Gasteiger partial charge in [-0.1, -0.05) is 17.3 Å². The molecule has 2 heterocycles. The van der Waals surface area contributed by atoms with E-state index in [1.165, 1.54) is 0 Å². The van der Waals surface area contributed by atoms with Crippen molar-refractivity contribution in [2.45, 2.75) is 13.5 Å². The summed E-state index contributed by atoms with van der Waals surface area (Å²) < 4.78 is 15.1. The van der Waals surface area contributed by atoms with Crippen molar-refractivity contribution in [2.75, 3.05) is 0 Å². The normalized spacial score (nSPS) is 10.7. The summed E-state index contributed by atoms with van der Waals surface area (Å²) in [4.78, 5) is 27.6. The van der Waals surface area contributed by atoms with Gasteiger partial charge < -0.3 is 13.7 Å². The SMILES string of the molecule is Cc1noc(COC(=O)c2cc(=O)c3ccccc3o2)n1. The molecule has 0 radical (unpaired) electrons. The second-order valence-corrected chi connectivity index (χ2v) is 4.28. The van der Waals surface area contributed by atoms with Crippen LogP contribution in [0, 0.1) is 6.92 Å². The van der Waals surface area contributed by atoms with Gasteiger partial charge in [0.25, 0.3) is 5.89 Å². The highest BCUT2D eigenvalue weighted by molar-refractivity contribution is 5.88. The first-order valence-electron chi connectivity index (χ1n) is 6.13. The van der Waals surface area contributed by atoms with Crippen LogP contribution in [0.2, 0.25) is 0 Å². The summed E-state index contributed by atoms with van der Waals surface area (Å²) in [6.07, 6.45) is 0. The van der Waals surface area contributed by atoms with Gasteiger partial charge in [0.1, 0.15) is 5.58 Å². The Kier molecular flexibility index (Phi) is 3.23. The Bertz CT molecular complexity index is 865. The molecule has 1 aromatic carbocycles. The summed E-state index contributed by atoms with van der Waals surface area (Å²) in [7, 11) is 0. The number of hydrogen-bond donors (Lipinski definition) is 0. The third kappa shape index (κ3) is 2.66. The lowest BCUT2D eigenvalue weighted by atomic mass is 10.2. The third-order valence-corrected chi connectivity index (χ3v) is 2.73. The zero-order chi connectivity index (χ0) is 14.8. The van der Waals surface area contributed by atoms with Crippen LogP contribution in [-0.2, 0) is 11.3 Å². The van der Waals surface area contributed by atoms with Gasteiger partial charge in [-0.2, -0.15) is 4.98 Å². The molecule has 0 aliphatic carbocycles. The number of ether oxygens (including phenoxy) is 1. The maximum atomic E-state index is 11.9. The third-order valence-electron chi connectivity index (χ3n) is 2.73. The zero-order valence-corrected chi connectivity index (χ0v) is 11.0. The van der Waals surface area contributed by atoms with Crippen LogP contribution in [0.1, 0.15) is 22.3 Å². The van der Waals surface area contributed by atoms with E-state index in [1.807, 2.05) is 0 Å². The minimum absolute atomic E-state index is 0.170. The number of rotatable bonds is 3. The Morgan fingerprint density at radius 3 is 2.90 bits per heavy atom. The van der Waals surface area contributed by atoms with Crippen molar-refractivity contribution in [3.63, 3.8) is 0 Å². The number of nitrogens with zero attached hydrogens (tertiary/aromatic N) is 2. The molecule has 0 N–H and O–H groups in total. The Balaban J connectivity index is 1.83. The number of hydrogen-bond acceptors (Lipinski definition) is 7. The molecule has 0 atom stereocenters. The average Bonchev–Trinajstić information content (AvgIpc) is 2.90. The van der Waals surface area contributed by atoms with E-state index in [-0.39, 0.29) is 23.7 Å². The van der Waals surface area contributed by atoms with E-state index in [1.54, 1.807) is 31.2 Å². The molecule has 0 spiro atoms. The molecule has 3 rings (SSSR count). The lowest BCUT2D eigenvalue weighted by Crippen LogP contribution is -2.10. The highest BCUT2D eigenvalue weighted by Crippen LogP contribution is 2.13. The summed E-state index contributed by atoms with van der Waals surface area (Å²) >= 11 is 0. The molecule has 0 amide bonds. The predicted octanol–water partition coefficient (Wildman–Crippen LogP) is 1.84. The van der Waals surface area contributed by atoms with Crippen LogP contribution >= 0.6 is 0 Å². The van der Waals surface area contributed by atoms with Crippen molar-refractivity contribution in [1.29, 1.82) is 0 Å². The Hall–Kier alpha value is -2.96. The Morgan fingerprint density at radius 1 is 1.33 bits per heavy atom. The van der Waals surface area contributed by atoms with E-state index in [0.29, 0.717) is 16.8 Å². The van der Waals surface area contributed by atoms with Crippen LogP contribution < -0.4 is 5.43 Å². The fourth-order valence-corrected chi connectivity index (χ4v) is 1.80. The lowest BCUT2D eigenvalue weighted by Gasteiger charge is -2.02. The van der Waals surface area contributed by atoms with Crippen molar-refractivity contribution in [2.24, 2.45) is 0 Å². The maximum absolute atomic E-state index is 11.9. The van der Waals surface area contributed by atoms with Gasteiger partial charge >= 0.3 is 5.97 Å². The minimum Gasteiger partial charge on any atom is -0.450 e. The monoisotopic (exact) mass is 286 g/mol. The molecule has 2 aromatic heterocycles. The Labute approximate surface area is 118 Å². The van der Waals surface area contributed by atoms with Crippen molar-refractivity contribution in [3.05, 3.63) is 58.0 Å². The van der Waals surface area contributed by atoms with Gasteiger partial charge in [0.15, 0.2) is 17.9 Å². The van der Waals surface area contributed by atoms with Gasteiger partial charge in [0.05, 0.1) is 5.39 Å². The van der Waals surface area contributed by atoms with E-state index in [4.69, 9.17) is 13.7 Å². The number of fused-ring (bicyclic) bond motifs is 1. The van der Waals surface area contributed by atoms with Gasteiger partial charge in [-0.05, 0) is 19.1 Å². The molecule has 0 bridgehead atoms. The van der Waals surface area contributed by atoms with Crippen LogP contribution in [0.15, 0.2) is 44.1 Å². The number of benzene rings is 1. The molecule has 0 aliphatic rings. The van der Waals surface area contributed by atoms with E-state index in [9.17, 15) is 9.59 Å². The predicted molar refractivity (Wildman–Crippen MR) is 70.6 cm³/mol. The standard InChI is InChI=1S/C14H10N2O5/c1-8-15-13(21-16-8)7-19-14(18)12-6-10(17)9-4-2-3-5-11(9)20-12/h2-6H,7H2,1H3. The summed E-state index contributed by atoms with van der Waals surface area (Å²) in [5.74, 6) is -0.328. The molecule has 7 nitrogen and oxygen atoms in total. The van der Waals surface area contributed by atoms with Crippen LogP contribution in [-0.4, -0.2) is 16.1 Å². The van der Waals surface area contributed by atoms with E-state index in [0.717, 1.165) is 6.07 Å². The van der Waals surface area contributed by atoms with Crippen molar-refractivity contribution in [3.8, 4) is 0 Å². The molecule has 7 heteroatoms. The Morgan fingerprint density at radius 2 is 2.14 bits per heavy atom. The van der Waals surface area contributed by atoms with Gasteiger partial charge in [0, 0.05) is 6.07 Å². The zero-order valence-electron chi connectivity index (χ0n) is 11.0. The number of aryl methyl sites for hydroxylation is 1. The first-order valence-corrected chi connectivity index (χ1v) is 6.13. The number of carbonyl (C=O) groups is 1. The number of para-hydroxylation sites is 1. The molecular formula is C14H10N2O5. The van der Waals surface area contributed by atoms with Crippen molar-refractivity contribution in [1.82, 2.24) is 10.1 Å². The minimum atomic E-state index is -0.770. The summed E-state index contributed by atoms with van der Waals surface area (Å²) in [5, 5.41) is 3.98. The summed E-state index contributed by atoms with van der Waals surface area (Å²) in [6.45, 7) is 1.47. The molecule has 0 fully saturated rings. The maximum Gasteiger partial charge on any atom is 0.374 e. The largest absolute Gasteiger partial charge is 0.450 e. The first-order chi connectivity index (χ1) is 10.1. The molecular weight excluding hydrogens is 276 g/mol. The second-order valence-electron chi connectivity index (χ2n) is 4.28. The van der Waals surface area contributed by atoms with Crippen molar-refractivity contribution >= 4 is 16.9 Å². The second kappa shape index (κ2) is 5.20. The van der Waals surface area contributed by atoms with Crippen LogP contribution in [0.5, 0.6) is 0 Å². The fourth-order valence-electron chi connectivity index (χ4n) is 1.80. The number of carbonyl (C=O) groups excluding carboxylic acids is 1.